The molecule has 0 aliphatic carbocycles. The predicted octanol–water partition coefficient (Wildman–Crippen LogP) is 2.30. The Labute approximate surface area is 152 Å². The molecule has 2 aromatic rings. The van der Waals surface area contributed by atoms with Crippen molar-refractivity contribution in [2.75, 3.05) is 26.2 Å². The van der Waals surface area contributed by atoms with Gasteiger partial charge in [-0.2, -0.15) is 0 Å². The molecule has 0 radical (unpaired) electrons. The van der Waals surface area contributed by atoms with E-state index in [0.29, 0.717) is 39.0 Å². The topological polar surface area (TPSA) is 53.5 Å². The number of piperazine rings is 1. The highest BCUT2D eigenvalue weighted by molar-refractivity contribution is 7.09. The zero-order valence-electron chi connectivity index (χ0n) is 14.5. The number of rotatable bonds is 5. The summed E-state index contributed by atoms with van der Waals surface area (Å²) in [6.07, 6.45) is 1.64. The first kappa shape index (κ1) is 17.6. The Balaban J connectivity index is 1.43. The molecule has 1 aromatic carbocycles. The largest absolute Gasteiger partial charge is 0.339 e. The van der Waals surface area contributed by atoms with Gasteiger partial charge in [0.05, 0.1) is 17.1 Å². The molecular formula is C19H23N3O2S. The number of amides is 2. The number of aromatic nitrogens is 1. The molecule has 5 nitrogen and oxygen atoms in total. The standard InChI is InChI=1S/C19H23N3O2S/c1-15-20-17(14-25-15)13-19(24)22-11-9-21(10-12-22)18(23)8-7-16-5-3-2-4-6-16/h2-6,14H,7-13H2,1H3. The van der Waals surface area contributed by atoms with Crippen molar-refractivity contribution >= 4 is 23.2 Å². The van der Waals surface area contributed by atoms with Crippen LogP contribution in [0.2, 0.25) is 0 Å². The number of carbonyl (C=O) groups excluding carboxylic acids is 2. The lowest BCUT2D eigenvalue weighted by Crippen LogP contribution is -2.51. The van der Waals surface area contributed by atoms with E-state index in [1.807, 2.05) is 52.4 Å². The van der Waals surface area contributed by atoms with E-state index in [-0.39, 0.29) is 11.8 Å². The van der Waals surface area contributed by atoms with E-state index in [2.05, 4.69) is 4.98 Å². The van der Waals surface area contributed by atoms with Crippen LogP contribution in [0.5, 0.6) is 0 Å². The van der Waals surface area contributed by atoms with Crippen LogP contribution in [0.1, 0.15) is 22.7 Å². The molecular weight excluding hydrogens is 334 g/mol. The van der Waals surface area contributed by atoms with Crippen LogP contribution in [-0.2, 0) is 22.4 Å². The molecule has 0 bridgehead atoms. The molecule has 2 heterocycles. The number of carbonyl (C=O) groups is 2. The van der Waals surface area contributed by atoms with Gasteiger partial charge in [0.15, 0.2) is 0 Å². The fourth-order valence-corrected chi connectivity index (χ4v) is 3.63. The maximum Gasteiger partial charge on any atom is 0.228 e. The third-order valence-corrected chi connectivity index (χ3v) is 5.28. The Hall–Kier alpha value is -2.21. The van der Waals surface area contributed by atoms with E-state index < -0.39 is 0 Å². The summed E-state index contributed by atoms with van der Waals surface area (Å²) in [7, 11) is 0. The van der Waals surface area contributed by atoms with Gasteiger partial charge in [0.1, 0.15) is 0 Å². The van der Waals surface area contributed by atoms with E-state index >= 15 is 0 Å². The summed E-state index contributed by atoms with van der Waals surface area (Å²) < 4.78 is 0. The molecule has 1 fully saturated rings. The Bertz CT molecular complexity index is 721. The molecule has 0 unspecified atom stereocenters. The molecule has 0 atom stereocenters. The lowest BCUT2D eigenvalue weighted by Gasteiger charge is -2.34. The third kappa shape index (κ3) is 4.89. The number of benzene rings is 1. The van der Waals surface area contributed by atoms with Crippen LogP contribution in [0.4, 0.5) is 0 Å². The number of hydrogen-bond acceptors (Lipinski definition) is 4. The van der Waals surface area contributed by atoms with Crippen molar-refractivity contribution in [1.82, 2.24) is 14.8 Å². The molecule has 1 aliphatic rings. The summed E-state index contributed by atoms with van der Waals surface area (Å²) in [6.45, 7) is 4.40. The van der Waals surface area contributed by atoms with Gasteiger partial charge >= 0.3 is 0 Å². The zero-order chi connectivity index (χ0) is 17.6. The van der Waals surface area contributed by atoms with E-state index in [1.165, 1.54) is 5.56 Å². The van der Waals surface area contributed by atoms with Crippen LogP contribution < -0.4 is 0 Å². The van der Waals surface area contributed by atoms with E-state index in [4.69, 9.17) is 0 Å². The van der Waals surface area contributed by atoms with Crippen molar-refractivity contribution in [3.8, 4) is 0 Å². The monoisotopic (exact) mass is 357 g/mol. The van der Waals surface area contributed by atoms with Crippen molar-refractivity contribution in [3.05, 3.63) is 52.0 Å². The van der Waals surface area contributed by atoms with E-state index in [1.54, 1.807) is 11.3 Å². The van der Waals surface area contributed by atoms with Crippen molar-refractivity contribution in [1.29, 1.82) is 0 Å². The molecule has 0 spiro atoms. The lowest BCUT2D eigenvalue weighted by atomic mass is 10.1. The van der Waals surface area contributed by atoms with Crippen LogP contribution in [0, 0.1) is 6.92 Å². The smallest absolute Gasteiger partial charge is 0.228 e. The first-order valence-corrected chi connectivity index (χ1v) is 9.50. The molecule has 1 aromatic heterocycles. The van der Waals surface area contributed by atoms with Crippen LogP contribution >= 0.6 is 11.3 Å². The second kappa shape index (κ2) is 8.25. The molecule has 1 aliphatic heterocycles. The molecule has 25 heavy (non-hydrogen) atoms. The van der Waals surface area contributed by atoms with Gasteiger partial charge in [-0.25, -0.2) is 4.98 Å². The van der Waals surface area contributed by atoms with Gasteiger partial charge in [0.25, 0.3) is 0 Å². The molecule has 3 rings (SSSR count). The Morgan fingerprint density at radius 2 is 1.68 bits per heavy atom. The first-order chi connectivity index (χ1) is 12.1. The van der Waals surface area contributed by atoms with Gasteiger partial charge in [-0.1, -0.05) is 30.3 Å². The average Bonchev–Trinajstić information content (AvgIpc) is 3.05. The number of nitrogens with zero attached hydrogens (tertiary/aromatic N) is 3. The Kier molecular flexibility index (Phi) is 5.81. The summed E-state index contributed by atoms with van der Waals surface area (Å²) in [6, 6.07) is 10.1. The van der Waals surface area contributed by atoms with Gasteiger partial charge in [0, 0.05) is 38.0 Å². The van der Waals surface area contributed by atoms with Crippen molar-refractivity contribution in [3.63, 3.8) is 0 Å². The fraction of sp³-hybridized carbons (Fsp3) is 0.421. The molecule has 0 N–H and O–H groups in total. The number of thiazole rings is 1. The van der Waals surface area contributed by atoms with Crippen LogP contribution in [0.3, 0.4) is 0 Å². The van der Waals surface area contributed by atoms with Gasteiger partial charge in [-0.05, 0) is 18.9 Å². The fourth-order valence-electron chi connectivity index (χ4n) is 3.02. The minimum absolute atomic E-state index is 0.0988. The number of aryl methyl sites for hydroxylation is 2. The highest BCUT2D eigenvalue weighted by Gasteiger charge is 2.24. The second-order valence-corrected chi connectivity index (χ2v) is 7.34. The quantitative estimate of drug-likeness (QED) is 0.825. The normalized spacial score (nSPS) is 14.6. The minimum atomic E-state index is 0.0988. The maximum absolute atomic E-state index is 12.4. The van der Waals surface area contributed by atoms with E-state index in [9.17, 15) is 9.59 Å². The molecule has 2 amide bonds. The summed E-state index contributed by atoms with van der Waals surface area (Å²) in [5, 5.41) is 2.92. The third-order valence-electron chi connectivity index (χ3n) is 4.45. The molecule has 1 saturated heterocycles. The summed E-state index contributed by atoms with van der Waals surface area (Å²) >= 11 is 1.57. The number of hydrogen-bond donors (Lipinski definition) is 0. The van der Waals surface area contributed by atoms with Gasteiger partial charge in [0.2, 0.25) is 11.8 Å². The van der Waals surface area contributed by atoms with Gasteiger partial charge in [-0.3, -0.25) is 9.59 Å². The predicted molar refractivity (Wildman–Crippen MR) is 98.5 cm³/mol. The second-order valence-electron chi connectivity index (χ2n) is 6.28. The maximum atomic E-state index is 12.4. The Morgan fingerprint density at radius 3 is 2.28 bits per heavy atom. The van der Waals surface area contributed by atoms with Crippen molar-refractivity contribution in [2.45, 2.75) is 26.2 Å². The highest BCUT2D eigenvalue weighted by Crippen LogP contribution is 2.12. The van der Waals surface area contributed by atoms with Crippen LogP contribution in [-0.4, -0.2) is 52.8 Å². The molecule has 0 saturated carbocycles. The van der Waals surface area contributed by atoms with Crippen molar-refractivity contribution < 1.29 is 9.59 Å². The van der Waals surface area contributed by atoms with Gasteiger partial charge in [-0.15, -0.1) is 11.3 Å². The molecule has 132 valence electrons. The zero-order valence-corrected chi connectivity index (χ0v) is 15.3. The van der Waals surface area contributed by atoms with Crippen LogP contribution in [0.25, 0.3) is 0 Å². The summed E-state index contributed by atoms with van der Waals surface area (Å²) in [5.74, 6) is 0.271. The van der Waals surface area contributed by atoms with Crippen molar-refractivity contribution in [2.24, 2.45) is 0 Å². The summed E-state index contributed by atoms with van der Waals surface area (Å²) in [5.41, 5.74) is 2.03. The Morgan fingerprint density at radius 1 is 1.04 bits per heavy atom. The minimum Gasteiger partial charge on any atom is -0.339 e. The lowest BCUT2D eigenvalue weighted by molar-refractivity contribution is -0.139. The first-order valence-electron chi connectivity index (χ1n) is 8.62. The summed E-state index contributed by atoms with van der Waals surface area (Å²) in [4.78, 5) is 32.8. The average molecular weight is 357 g/mol. The van der Waals surface area contributed by atoms with Crippen LogP contribution in [0.15, 0.2) is 35.7 Å². The van der Waals surface area contributed by atoms with Gasteiger partial charge < -0.3 is 9.80 Å². The van der Waals surface area contributed by atoms with E-state index in [0.717, 1.165) is 17.1 Å². The molecule has 6 heteroatoms. The SMILES string of the molecule is Cc1nc(CC(=O)N2CCN(C(=O)CCc3ccccc3)CC2)cs1. The highest BCUT2D eigenvalue weighted by atomic mass is 32.1.